The third-order valence-corrected chi connectivity index (χ3v) is 7.06. The topological polar surface area (TPSA) is 88.5 Å². The Kier molecular flexibility index (Phi) is 7.05. The molecule has 38 heavy (non-hydrogen) atoms. The molecule has 1 aliphatic heterocycles. The molecule has 13 heteroatoms. The minimum absolute atomic E-state index is 0.0381. The van der Waals surface area contributed by atoms with Crippen molar-refractivity contribution in [2.45, 2.75) is 38.8 Å². The van der Waals surface area contributed by atoms with Crippen LogP contribution in [0.25, 0.3) is 22.4 Å². The van der Waals surface area contributed by atoms with Crippen molar-refractivity contribution in [3.8, 4) is 11.5 Å². The van der Waals surface area contributed by atoms with Crippen LogP contribution < -0.4 is 5.32 Å². The summed E-state index contributed by atoms with van der Waals surface area (Å²) in [7, 11) is 1.82. The molecule has 8 nitrogen and oxygen atoms in total. The van der Waals surface area contributed by atoms with E-state index in [0.29, 0.717) is 35.3 Å². The highest BCUT2D eigenvalue weighted by Crippen LogP contribution is 2.35. The van der Waals surface area contributed by atoms with E-state index in [2.05, 4.69) is 20.4 Å². The van der Waals surface area contributed by atoms with E-state index in [1.54, 1.807) is 29.6 Å². The summed E-state index contributed by atoms with van der Waals surface area (Å²) in [5, 5.41) is 8.66. The lowest BCUT2D eigenvalue weighted by atomic mass is 10.1. The minimum atomic E-state index is -4.53. The third-order valence-electron chi connectivity index (χ3n) is 6.20. The highest BCUT2D eigenvalue weighted by molar-refractivity contribution is 7.10. The van der Waals surface area contributed by atoms with Gasteiger partial charge in [-0.25, -0.2) is 4.39 Å². The Morgan fingerprint density at radius 1 is 1.32 bits per heavy atom. The maximum absolute atomic E-state index is 14.6. The average molecular weight is 549 g/mol. The van der Waals surface area contributed by atoms with E-state index >= 15 is 0 Å². The fourth-order valence-electron chi connectivity index (χ4n) is 4.37. The molecule has 1 fully saturated rings. The highest BCUT2D eigenvalue weighted by Gasteiger charge is 2.31. The second kappa shape index (κ2) is 10.3. The normalized spacial score (nSPS) is 17.9. The summed E-state index contributed by atoms with van der Waals surface area (Å²) in [5.41, 5.74) is 1.55. The first-order valence-electron chi connectivity index (χ1n) is 11.8. The fraction of sp³-hybridized carbons (Fsp3) is 0.360. The van der Waals surface area contributed by atoms with E-state index in [4.69, 9.17) is 4.52 Å². The molecule has 1 N–H and O–H groups in total. The van der Waals surface area contributed by atoms with Crippen molar-refractivity contribution in [3.05, 3.63) is 52.0 Å². The predicted octanol–water partition coefficient (Wildman–Crippen LogP) is 5.30. The monoisotopic (exact) mass is 548 g/mol. The zero-order chi connectivity index (χ0) is 27.0. The molecule has 5 rings (SSSR count). The predicted molar refractivity (Wildman–Crippen MR) is 136 cm³/mol. The number of halogens is 4. The number of hydrogen-bond donors (Lipinski definition) is 1. The number of thiophene rings is 1. The molecule has 1 amide bonds. The van der Waals surface area contributed by atoms with E-state index in [9.17, 15) is 22.4 Å². The van der Waals surface area contributed by atoms with Gasteiger partial charge in [0.25, 0.3) is 5.91 Å². The summed E-state index contributed by atoms with van der Waals surface area (Å²) in [6.07, 6.45) is -5.36. The Bertz CT molecular complexity index is 1510. The van der Waals surface area contributed by atoms with Gasteiger partial charge in [0.05, 0.1) is 34.7 Å². The zero-order valence-corrected chi connectivity index (χ0v) is 21.4. The Morgan fingerprint density at radius 2 is 2.13 bits per heavy atom. The molecule has 200 valence electrons. The van der Waals surface area contributed by atoms with Crippen LogP contribution in [0.1, 0.15) is 27.5 Å². The summed E-state index contributed by atoms with van der Waals surface area (Å²) < 4.78 is 61.6. The SMILES string of the molecule is Cc1cc(C(=O)NCc2nc(-c3cc4c(N=C5CCN(C)C[C@@H]5F)cccc4n3CC(F)(F)F)no2)cs1. The van der Waals surface area contributed by atoms with Crippen LogP contribution in [-0.4, -0.2) is 63.7 Å². The quantitative estimate of drug-likeness (QED) is 0.331. The lowest BCUT2D eigenvalue weighted by Crippen LogP contribution is -2.39. The van der Waals surface area contributed by atoms with Gasteiger partial charge in [-0.1, -0.05) is 11.2 Å². The molecule has 1 saturated heterocycles. The smallest absolute Gasteiger partial charge is 0.343 e. The molecule has 0 radical (unpaired) electrons. The Labute approximate surface area is 219 Å². The molecular weight excluding hydrogens is 524 g/mol. The number of alkyl halides is 4. The van der Waals surface area contributed by atoms with Gasteiger partial charge in [-0.2, -0.15) is 18.2 Å². The van der Waals surface area contributed by atoms with Gasteiger partial charge in [0, 0.05) is 35.2 Å². The van der Waals surface area contributed by atoms with Crippen LogP contribution in [0.15, 0.2) is 45.2 Å². The molecule has 0 bridgehead atoms. The highest BCUT2D eigenvalue weighted by atomic mass is 32.1. The van der Waals surface area contributed by atoms with Crippen molar-refractivity contribution in [1.29, 1.82) is 0 Å². The van der Waals surface area contributed by atoms with Crippen LogP contribution >= 0.6 is 11.3 Å². The maximum Gasteiger partial charge on any atom is 0.406 e. The van der Waals surface area contributed by atoms with Gasteiger partial charge in [0.1, 0.15) is 6.54 Å². The number of fused-ring (bicyclic) bond motifs is 1. The molecule has 1 aromatic carbocycles. The number of hydrogen-bond acceptors (Lipinski definition) is 7. The number of aryl methyl sites for hydroxylation is 1. The fourth-order valence-corrected chi connectivity index (χ4v) is 5.05. The molecule has 3 aromatic heterocycles. The van der Waals surface area contributed by atoms with Crippen LogP contribution in [0.2, 0.25) is 0 Å². The number of carbonyl (C=O) groups is 1. The maximum atomic E-state index is 14.6. The number of aromatic nitrogens is 3. The number of nitrogens with zero attached hydrogens (tertiary/aromatic N) is 5. The van der Waals surface area contributed by atoms with Gasteiger partial charge >= 0.3 is 6.18 Å². The molecular formula is C25H24F4N6O2S. The number of benzene rings is 1. The van der Waals surface area contributed by atoms with E-state index in [0.717, 1.165) is 9.44 Å². The first-order chi connectivity index (χ1) is 18.1. The number of aliphatic imine (C=N–C) groups is 1. The molecule has 0 spiro atoms. The molecule has 4 heterocycles. The van der Waals surface area contributed by atoms with E-state index in [1.807, 2.05) is 18.9 Å². The van der Waals surface area contributed by atoms with Crippen LogP contribution in [-0.2, 0) is 13.1 Å². The van der Waals surface area contributed by atoms with Gasteiger partial charge in [-0.05, 0) is 38.2 Å². The Morgan fingerprint density at radius 3 is 2.84 bits per heavy atom. The van der Waals surface area contributed by atoms with Gasteiger partial charge in [0.2, 0.25) is 11.7 Å². The number of rotatable bonds is 6. The molecule has 0 aliphatic carbocycles. The van der Waals surface area contributed by atoms with Crippen LogP contribution in [0.5, 0.6) is 0 Å². The van der Waals surface area contributed by atoms with Crippen LogP contribution in [0.4, 0.5) is 23.2 Å². The molecule has 0 saturated carbocycles. The lowest BCUT2D eigenvalue weighted by Gasteiger charge is -2.26. The number of likely N-dealkylation sites (tertiary alicyclic amines) is 1. The van der Waals surface area contributed by atoms with Crippen molar-refractivity contribution in [1.82, 2.24) is 24.9 Å². The average Bonchev–Trinajstić information content (AvgIpc) is 3.58. The second-order valence-electron chi connectivity index (χ2n) is 9.16. The van der Waals surface area contributed by atoms with Crippen molar-refractivity contribution in [2.75, 3.05) is 20.1 Å². The molecule has 0 unspecified atom stereocenters. The standard InChI is InChI=1S/C25H24F4N6O2S/c1-14-8-15(12-38-14)24(36)30-10-22-32-23(33-37-22)21-9-16-18(31-19-6-7-34(2)11-17(19)26)4-3-5-20(16)35(21)13-25(27,28)29/h3-5,8-9,12,17H,6-7,10-11,13H2,1-2H3,(H,30,36)/t17-/m0/s1. The molecule has 1 atom stereocenters. The Balaban J connectivity index is 1.47. The summed E-state index contributed by atoms with van der Waals surface area (Å²) in [5.74, 6) is -0.359. The van der Waals surface area contributed by atoms with E-state index < -0.39 is 18.9 Å². The van der Waals surface area contributed by atoms with E-state index in [-0.39, 0.29) is 41.9 Å². The van der Waals surface area contributed by atoms with Gasteiger partial charge in [0.15, 0.2) is 6.17 Å². The minimum Gasteiger partial charge on any atom is -0.343 e. The summed E-state index contributed by atoms with van der Waals surface area (Å²) in [6, 6.07) is 8.02. The third kappa shape index (κ3) is 5.63. The number of nitrogens with one attached hydrogen (secondary N) is 1. The van der Waals surface area contributed by atoms with Crippen molar-refractivity contribution < 1.29 is 26.9 Å². The van der Waals surface area contributed by atoms with Gasteiger partial charge in [-0.15, -0.1) is 11.3 Å². The van der Waals surface area contributed by atoms with Crippen molar-refractivity contribution in [3.63, 3.8) is 0 Å². The van der Waals surface area contributed by atoms with Crippen LogP contribution in [0, 0.1) is 6.92 Å². The van der Waals surface area contributed by atoms with E-state index in [1.165, 1.54) is 17.4 Å². The number of amides is 1. The first-order valence-corrected chi connectivity index (χ1v) is 12.7. The first kappa shape index (κ1) is 26.0. The van der Waals surface area contributed by atoms with Crippen molar-refractivity contribution >= 4 is 39.5 Å². The second-order valence-corrected chi connectivity index (χ2v) is 10.3. The molecule has 4 aromatic rings. The number of carbonyl (C=O) groups excluding carboxylic acids is 1. The summed E-state index contributed by atoms with van der Waals surface area (Å²) in [4.78, 5) is 23.9. The number of piperidine rings is 1. The summed E-state index contributed by atoms with van der Waals surface area (Å²) >= 11 is 1.44. The van der Waals surface area contributed by atoms with Crippen LogP contribution in [0.3, 0.4) is 0 Å². The largest absolute Gasteiger partial charge is 0.406 e. The zero-order valence-electron chi connectivity index (χ0n) is 20.5. The van der Waals surface area contributed by atoms with Gasteiger partial charge < -0.3 is 19.3 Å². The van der Waals surface area contributed by atoms with Gasteiger partial charge in [-0.3, -0.25) is 9.79 Å². The summed E-state index contributed by atoms with van der Waals surface area (Å²) in [6.45, 7) is 1.35. The molecule has 1 aliphatic rings. The lowest BCUT2D eigenvalue weighted by molar-refractivity contribution is -0.139. The van der Waals surface area contributed by atoms with Crippen molar-refractivity contribution in [2.24, 2.45) is 4.99 Å². The Hall–Kier alpha value is -3.58.